The van der Waals surface area contributed by atoms with Crippen LogP contribution in [-0.4, -0.2) is 18.3 Å². The molecule has 0 aromatic heterocycles. The molecule has 0 atom stereocenters. The van der Waals surface area contributed by atoms with Crippen LogP contribution in [0.5, 0.6) is 0 Å². The van der Waals surface area contributed by atoms with E-state index < -0.39 is 5.97 Å². The van der Waals surface area contributed by atoms with E-state index in [1.807, 2.05) is 24.3 Å². The lowest BCUT2D eigenvalue weighted by molar-refractivity contribution is 0.0563. The molecular weight excluding hydrogens is 350 g/mol. The van der Waals surface area contributed by atoms with E-state index in [-0.39, 0.29) is 11.5 Å². The third kappa shape index (κ3) is 3.21. The van der Waals surface area contributed by atoms with E-state index in [0.717, 1.165) is 17.7 Å². The van der Waals surface area contributed by atoms with E-state index in [2.05, 4.69) is 36.2 Å². The molecule has 0 saturated carbocycles. The van der Waals surface area contributed by atoms with Gasteiger partial charge in [-0.05, 0) is 36.8 Å². The van der Waals surface area contributed by atoms with Crippen molar-refractivity contribution in [3.8, 4) is 0 Å². The summed E-state index contributed by atoms with van der Waals surface area (Å²) >= 11 is 0. The number of fused-ring (bicyclic) bond motifs is 2. The van der Waals surface area contributed by atoms with Crippen LogP contribution in [0.15, 0.2) is 90.9 Å². The van der Waals surface area contributed by atoms with E-state index in [4.69, 9.17) is 4.74 Å². The van der Waals surface area contributed by atoms with Gasteiger partial charge >= 0.3 is 5.97 Å². The van der Waals surface area contributed by atoms with Crippen LogP contribution in [0, 0.1) is 0 Å². The van der Waals surface area contributed by atoms with Crippen LogP contribution in [0.25, 0.3) is 5.57 Å². The molecule has 0 radical (unpaired) electrons. The molecule has 2 aromatic rings. The standard InChI is InChI=1S/C24H19NO3/c1-2-25-16-15-17(18-10-6-7-13-21(18)25)9-3-8-14-22-23(26)19-11-4-5-12-20(19)24(27)28-22/h3-16H,2H2,1H3/b8-3+,17-9+,22-14-. The van der Waals surface area contributed by atoms with Gasteiger partial charge in [0.15, 0.2) is 5.76 Å². The Kier molecular flexibility index (Phi) is 4.77. The van der Waals surface area contributed by atoms with Crippen LogP contribution in [0.2, 0.25) is 0 Å². The number of allylic oxidation sites excluding steroid dienone is 7. The number of carbonyl (C=O) groups excluding carboxylic acids is 2. The molecule has 2 aliphatic heterocycles. The molecule has 138 valence electrons. The topological polar surface area (TPSA) is 46.6 Å². The number of rotatable bonds is 3. The number of ketones is 1. The summed E-state index contributed by atoms with van der Waals surface area (Å²) in [4.78, 5) is 26.7. The summed E-state index contributed by atoms with van der Waals surface area (Å²) in [6, 6.07) is 14.9. The van der Waals surface area contributed by atoms with Crippen molar-refractivity contribution in [2.24, 2.45) is 0 Å². The number of Topliss-reactive ketones (excluding diaryl/α,β-unsaturated/α-hetero) is 1. The van der Waals surface area contributed by atoms with Crippen LogP contribution in [0.3, 0.4) is 0 Å². The highest BCUT2D eigenvalue weighted by atomic mass is 16.5. The van der Waals surface area contributed by atoms with Crippen LogP contribution in [0.4, 0.5) is 5.69 Å². The first-order valence-electron chi connectivity index (χ1n) is 9.18. The molecule has 2 aliphatic rings. The van der Waals surface area contributed by atoms with Gasteiger partial charge in [0.2, 0.25) is 5.78 Å². The minimum Gasteiger partial charge on any atom is -0.419 e. The van der Waals surface area contributed by atoms with Crippen molar-refractivity contribution in [1.29, 1.82) is 0 Å². The Balaban J connectivity index is 1.58. The third-order valence-electron chi connectivity index (χ3n) is 4.75. The summed E-state index contributed by atoms with van der Waals surface area (Å²) in [5.74, 6) is -0.749. The molecule has 0 spiro atoms. The van der Waals surface area contributed by atoms with E-state index in [1.165, 1.54) is 11.8 Å². The normalized spacial score (nSPS) is 18.5. The van der Waals surface area contributed by atoms with Gasteiger partial charge in [-0.2, -0.15) is 0 Å². The highest BCUT2D eigenvalue weighted by molar-refractivity contribution is 6.17. The minimum absolute atomic E-state index is 0.0371. The van der Waals surface area contributed by atoms with Crippen LogP contribution in [-0.2, 0) is 4.74 Å². The molecule has 4 rings (SSSR count). The highest BCUT2D eigenvalue weighted by Gasteiger charge is 2.28. The van der Waals surface area contributed by atoms with Gasteiger partial charge in [-0.15, -0.1) is 0 Å². The fourth-order valence-corrected chi connectivity index (χ4v) is 3.33. The Morgan fingerprint density at radius 3 is 2.36 bits per heavy atom. The molecule has 28 heavy (non-hydrogen) atoms. The summed E-state index contributed by atoms with van der Waals surface area (Å²) in [5.41, 5.74) is 4.07. The van der Waals surface area contributed by atoms with Crippen molar-refractivity contribution < 1.29 is 14.3 Å². The second kappa shape index (κ2) is 7.53. The largest absolute Gasteiger partial charge is 0.419 e. The summed E-state index contributed by atoms with van der Waals surface area (Å²) < 4.78 is 5.18. The van der Waals surface area contributed by atoms with E-state index >= 15 is 0 Å². The number of para-hydroxylation sites is 1. The molecule has 4 heteroatoms. The quantitative estimate of drug-likeness (QED) is 0.569. The predicted molar refractivity (Wildman–Crippen MR) is 110 cm³/mol. The molecule has 4 nitrogen and oxygen atoms in total. The fourth-order valence-electron chi connectivity index (χ4n) is 3.33. The van der Waals surface area contributed by atoms with Crippen LogP contribution >= 0.6 is 0 Å². The van der Waals surface area contributed by atoms with Gasteiger partial charge in [-0.3, -0.25) is 4.79 Å². The summed E-state index contributed by atoms with van der Waals surface area (Å²) in [6.07, 6.45) is 11.2. The molecule has 2 aromatic carbocycles. The Hall–Kier alpha value is -3.66. The molecule has 0 aliphatic carbocycles. The Morgan fingerprint density at radius 1 is 0.893 bits per heavy atom. The molecule has 0 N–H and O–H groups in total. The number of ether oxygens (including phenoxy) is 1. The molecule has 2 heterocycles. The fraction of sp³-hybridized carbons (Fsp3) is 0.0833. The smallest absolute Gasteiger partial charge is 0.344 e. The number of benzene rings is 2. The molecule has 0 amide bonds. The third-order valence-corrected chi connectivity index (χ3v) is 4.75. The second-order valence-corrected chi connectivity index (χ2v) is 6.42. The summed E-state index contributed by atoms with van der Waals surface area (Å²) in [6.45, 7) is 3.01. The molecular formula is C24H19NO3. The van der Waals surface area contributed by atoms with E-state index in [1.54, 1.807) is 30.3 Å². The van der Waals surface area contributed by atoms with Crippen LogP contribution < -0.4 is 4.90 Å². The zero-order chi connectivity index (χ0) is 19.5. The Bertz CT molecular complexity index is 1070. The number of cyclic esters (lactones) is 1. The van der Waals surface area contributed by atoms with E-state index in [9.17, 15) is 9.59 Å². The predicted octanol–water partition coefficient (Wildman–Crippen LogP) is 4.92. The summed E-state index contributed by atoms with van der Waals surface area (Å²) in [5, 5.41) is 0. The average Bonchev–Trinajstić information content (AvgIpc) is 2.74. The van der Waals surface area contributed by atoms with Gasteiger partial charge in [0.25, 0.3) is 0 Å². The van der Waals surface area contributed by atoms with Gasteiger partial charge < -0.3 is 9.64 Å². The van der Waals surface area contributed by atoms with Gasteiger partial charge in [0, 0.05) is 29.6 Å². The SMILES string of the molecule is CCN1C=C\C(=C/C=C/C=C2\OC(=O)c3ccccc3C2=O)c2ccccc21. The monoisotopic (exact) mass is 369 g/mol. The van der Waals surface area contributed by atoms with Crippen LogP contribution in [0.1, 0.15) is 33.2 Å². The lowest BCUT2D eigenvalue weighted by Crippen LogP contribution is -2.22. The Morgan fingerprint density at radius 2 is 1.57 bits per heavy atom. The second-order valence-electron chi connectivity index (χ2n) is 6.42. The first-order chi connectivity index (χ1) is 13.7. The van der Waals surface area contributed by atoms with Crippen molar-refractivity contribution >= 4 is 23.0 Å². The molecule has 0 saturated heterocycles. The first-order valence-corrected chi connectivity index (χ1v) is 9.18. The molecule has 0 unspecified atom stereocenters. The van der Waals surface area contributed by atoms with E-state index in [0.29, 0.717) is 11.1 Å². The van der Waals surface area contributed by atoms with Crippen molar-refractivity contribution in [2.75, 3.05) is 11.4 Å². The number of hydrogen-bond donors (Lipinski definition) is 0. The maximum Gasteiger partial charge on any atom is 0.344 e. The first kappa shape index (κ1) is 17.7. The number of nitrogens with zero attached hydrogens (tertiary/aromatic N) is 1. The van der Waals surface area contributed by atoms with Gasteiger partial charge in [0.1, 0.15) is 0 Å². The summed E-state index contributed by atoms with van der Waals surface area (Å²) in [7, 11) is 0. The number of hydrogen-bond acceptors (Lipinski definition) is 4. The maximum atomic E-state index is 12.5. The van der Waals surface area contributed by atoms with Crippen molar-refractivity contribution in [3.05, 3.63) is 108 Å². The molecule has 0 bridgehead atoms. The van der Waals surface area contributed by atoms with Crippen molar-refractivity contribution in [2.45, 2.75) is 6.92 Å². The maximum absolute atomic E-state index is 12.5. The zero-order valence-corrected chi connectivity index (χ0v) is 15.5. The number of esters is 1. The lowest BCUT2D eigenvalue weighted by atomic mass is 9.99. The zero-order valence-electron chi connectivity index (χ0n) is 15.5. The van der Waals surface area contributed by atoms with Crippen molar-refractivity contribution in [1.82, 2.24) is 0 Å². The van der Waals surface area contributed by atoms with Gasteiger partial charge in [-0.1, -0.05) is 54.6 Å². The lowest BCUT2D eigenvalue weighted by Gasteiger charge is -2.26. The minimum atomic E-state index is -0.503. The van der Waals surface area contributed by atoms with Gasteiger partial charge in [0.05, 0.1) is 5.56 Å². The van der Waals surface area contributed by atoms with Gasteiger partial charge in [-0.25, -0.2) is 4.79 Å². The average molecular weight is 369 g/mol. The highest BCUT2D eigenvalue weighted by Crippen LogP contribution is 2.32. The Labute approximate surface area is 163 Å². The number of anilines is 1. The number of carbonyl (C=O) groups is 2. The van der Waals surface area contributed by atoms with Crippen molar-refractivity contribution in [3.63, 3.8) is 0 Å². The molecule has 0 fully saturated rings.